The van der Waals surface area contributed by atoms with Crippen LogP contribution in [-0.2, 0) is 9.59 Å². The summed E-state index contributed by atoms with van der Waals surface area (Å²) in [5.41, 5.74) is 0.351. The Morgan fingerprint density at radius 1 is 1.28 bits per heavy atom. The van der Waals surface area contributed by atoms with Gasteiger partial charge in [0.2, 0.25) is 11.8 Å². The van der Waals surface area contributed by atoms with E-state index >= 15 is 0 Å². The number of halogens is 2. The Balaban J connectivity index is 2.16. The average molecular weight is 447 g/mol. The van der Waals surface area contributed by atoms with Gasteiger partial charge < -0.3 is 15.3 Å². The largest absolute Gasteiger partial charge is 0.394 e. The highest BCUT2D eigenvalue weighted by atomic mass is 19.1. The van der Waals surface area contributed by atoms with Crippen LogP contribution in [0.25, 0.3) is 5.57 Å². The van der Waals surface area contributed by atoms with Crippen molar-refractivity contribution in [2.75, 3.05) is 13.2 Å². The number of hydrogen-bond donors (Lipinski definition) is 2. The number of aliphatic hydroxyl groups excluding tert-OH is 1. The smallest absolute Gasteiger partial charge is 0.243 e. The van der Waals surface area contributed by atoms with E-state index in [0.717, 1.165) is 12.5 Å². The van der Waals surface area contributed by atoms with Crippen LogP contribution in [0.3, 0.4) is 0 Å². The second-order valence-electron chi connectivity index (χ2n) is 9.18. The van der Waals surface area contributed by atoms with Crippen LogP contribution in [0.15, 0.2) is 55.2 Å². The van der Waals surface area contributed by atoms with Crippen LogP contribution < -0.4 is 5.32 Å². The molecule has 0 spiro atoms. The van der Waals surface area contributed by atoms with Crippen LogP contribution in [0.5, 0.6) is 0 Å². The lowest BCUT2D eigenvalue weighted by Gasteiger charge is -2.29. The molecule has 7 heteroatoms. The maximum absolute atomic E-state index is 13.9. The molecule has 0 bridgehead atoms. The van der Waals surface area contributed by atoms with Crippen molar-refractivity contribution in [3.05, 3.63) is 66.3 Å². The molecule has 1 aromatic carbocycles. The van der Waals surface area contributed by atoms with Crippen molar-refractivity contribution in [3.63, 3.8) is 0 Å². The third kappa shape index (κ3) is 6.36. The summed E-state index contributed by atoms with van der Waals surface area (Å²) in [5.74, 6) is -2.15. The fourth-order valence-corrected chi connectivity index (χ4v) is 3.80. The zero-order valence-electron chi connectivity index (χ0n) is 19.0. The van der Waals surface area contributed by atoms with Gasteiger partial charge in [-0.25, -0.2) is 8.78 Å². The van der Waals surface area contributed by atoms with Crippen molar-refractivity contribution < 1.29 is 23.5 Å². The summed E-state index contributed by atoms with van der Waals surface area (Å²) in [4.78, 5) is 27.2. The molecule has 0 aliphatic carbocycles. The van der Waals surface area contributed by atoms with E-state index < -0.39 is 23.7 Å². The Hall–Kier alpha value is -2.80. The molecule has 2 amide bonds. The molecule has 1 aromatic rings. The first-order valence-electron chi connectivity index (χ1n) is 10.7. The molecule has 2 unspecified atom stereocenters. The second-order valence-corrected chi connectivity index (χ2v) is 9.18. The molecule has 32 heavy (non-hydrogen) atoms. The lowest BCUT2D eigenvalue weighted by molar-refractivity contribution is -0.140. The zero-order chi connectivity index (χ0) is 24.1. The SMILES string of the molecule is C=C/C(F)=C(\C(=C)F)c1ccc(C(CO)NC(=O)C2CCCN2C(=O)CC(C)(C)C)cc1. The summed E-state index contributed by atoms with van der Waals surface area (Å²) in [6.07, 6.45) is 2.55. The van der Waals surface area contributed by atoms with Gasteiger partial charge in [-0.1, -0.05) is 58.2 Å². The highest BCUT2D eigenvalue weighted by Gasteiger charge is 2.36. The number of carbonyl (C=O) groups is 2. The predicted octanol–water partition coefficient (Wildman–Crippen LogP) is 4.61. The van der Waals surface area contributed by atoms with Crippen molar-refractivity contribution in [1.29, 1.82) is 0 Å². The van der Waals surface area contributed by atoms with Crippen LogP contribution in [0, 0.1) is 5.41 Å². The highest BCUT2D eigenvalue weighted by molar-refractivity contribution is 5.88. The Bertz CT molecular complexity index is 901. The van der Waals surface area contributed by atoms with Gasteiger partial charge in [0.15, 0.2) is 0 Å². The first-order valence-corrected chi connectivity index (χ1v) is 10.7. The van der Waals surface area contributed by atoms with Crippen LogP contribution in [-0.4, -0.2) is 41.0 Å². The van der Waals surface area contributed by atoms with Gasteiger partial charge >= 0.3 is 0 Å². The summed E-state index contributed by atoms with van der Waals surface area (Å²) >= 11 is 0. The monoisotopic (exact) mass is 446 g/mol. The normalized spacial score (nSPS) is 18.1. The number of hydrogen-bond acceptors (Lipinski definition) is 3. The Morgan fingerprint density at radius 2 is 1.91 bits per heavy atom. The number of rotatable bonds is 8. The number of nitrogens with one attached hydrogen (secondary N) is 1. The Kier molecular flexibility index (Phi) is 8.50. The van der Waals surface area contributed by atoms with Crippen molar-refractivity contribution in [1.82, 2.24) is 10.2 Å². The Morgan fingerprint density at radius 3 is 2.41 bits per heavy atom. The number of amides is 2. The maximum Gasteiger partial charge on any atom is 0.243 e. The summed E-state index contributed by atoms with van der Waals surface area (Å²) < 4.78 is 27.6. The van der Waals surface area contributed by atoms with Gasteiger partial charge in [0.25, 0.3) is 0 Å². The van der Waals surface area contributed by atoms with E-state index in [2.05, 4.69) is 18.5 Å². The average Bonchev–Trinajstić information content (AvgIpc) is 3.21. The van der Waals surface area contributed by atoms with Gasteiger partial charge in [0.1, 0.15) is 17.7 Å². The van der Waals surface area contributed by atoms with Gasteiger partial charge in [0, 0.05) is 13.0 Å². The van der Waals surface area contributed by atoms with Crippen LogP contribution in [0.2, 0.25) is 0 Å². The third-order valence-electron chi connectivity index (χ3n) is 5.35. The van der Waals surface area contributed by atoms with Crippen molar-refractivity contribution >= 4 is 17.4 Å². The summed E-state index contributed by atoms with van der Waals surface area (Å²) in [5, 5.41) is 12.6. The molecule has 1 saturated heterocycles. The molecule has 1 heterocycles. The molecule has 1 aliphatic rings. The number of aliphatic hydroxyl groups is 1. The standard InChI is InChI=1S/C25H32F2N2O3/c1-6-19(27)23(16(2)26)18-11-9-17(10-12-18)20(15-30)28-24(32)21-8-7-13-29(21)22(31)14-25(3,4)5/h6,9-12,20-21,30H,1-2,7-8,13-15H2,3-5H3,(H,28,32)/b23-19-. The van der Waals surface area contributed by atoms with Crippen molar-refractivity contribution in [3.8, 4) is 0 Å². The fourth-order valence-electron chi connectivity index (χ4n) is 3.80. The molecule has 2 N–H and O–H groups in total. The quantitative estimate of drug-likeness (QED) is 0.573. The summed E-state index contributed by atoms with van der Waals surface area (Å²) in [7, 11) is 0. The molecule has 5 nitrogen and oxygen atoms in total. The van der Waals surface area contributed by atoms with Crippen LogP contribution in [0.4, 0.5) is 8.78 Å². The van der Waals surface area contributed by atoms with Gasteiger partial charge in [-0.3, -0.25) is 9.59 Å². The minimum atomic E-state index is -0.927. The van der Waals surface area contributed by atoms with Crippen LogP contribution in [0.1, 0.15) is 57.2 Å². The minimum Gasteiger partial charge on any atom is -0.394 e. The first kappa shape index (κ1) is 25.5. The lowest BCUT2D eigenvalue weighted by atomic mass is 9.91. The molecule has 2 rings (SSSR count). The number of allylic oxidation sites excluding steroid dienone is 4. The molecule has 1 aliphatic heterocycles. The zero-order valence-corrected chi connectivity index (χ0v) is 19.0. The Labute approximate surface area is 188 Å². The summed E-state index contributed by atoms with van der Waals surface area (Å²) in [6, 6.07) is 4.83. The minimum absolute atomic E-state index is 0.0601. The van der Waals surface area contributed by atoms with E-state index in [0.29, 0.717) is 24.9 Å². The summed E-state index contributed by atoms with van der Waals surface area (Å²) in [6.45, 7) is 12.6. The number of nitrogens with zero attached hydrogens (tertiary/aromatic N) is 1. The molecule has 2 atom stereocenters. The molecular weight excluding hydrogens is 414 g/mol. The number of carbonyl (C=O) groups excluding carboxylic acids is 2. The van der Waals surface area contributed by atoms with Gasteiger partial charge in [0.05, 0.1) is 18.2 Å². The van der Waals surface area contributed by atoms with E-state index in [-0.39, 0.29) is 35.0 Å². The molecule has 1 fully saturated rings. The van der Waals surface area contributed by atoms with E-state index in [9.17, 15) is 23.5 Å². The maximum atomic E-state index is 13.9. The number of likely N-dealkylation sites (tertiary alicyclic amines) is 1. The van der Waals surface area contributed by atoms with E-state index in [4.69, 9.17) is 0 Å². The van der Waals surface area contributed by atoms with Gasteiger partial charge in [-0.05, 0) is 35.5 Å². The first-order chi connectivity index (χ1) is 15.0. The molecular formula is C25H32F2N2O3. The lowest BCUT2D eigenvalue weighted by Crippen LogP contribution is -2.48. The van der Waals surface area contributed by atoms with E-state index in [1.54, 1.807) is 17.0 Å². The fraction of sp³-hybridized carbons (Fsp3) is 0.440. The number of benzene rings is 1. The molecule has 0 radical (unpaired) electrons. The van der Waals surface area contributed by atoms with Crippen LogP contribution >= 0.6 is 0 Å². The second kappa shape index (κ2) is 10.7. The molecule has 174 valence electrons. The van der Waals surface area contributed by atoms with E-state index in [1.165, 1.54) is 12.1 Å². The highest BCUT2D eigenvalue weighted by Crippen LogP contribution is 2.29. The third-order valence-corrected chi connectivity index (χ3v) is 5.35. The molecule has 0 saturated carbocycles. The van der Waals surface area contributed by atoms with Gasteiger partial charge in [-0.2, -0.15) is 0 Å². The topological polar surface area (TPSA) is 69.6 Å². The van der Waals surface area contributed by atoms with Crippen molar-refractivity contribution in [2.24, 2.45) is 5.41 Å². The van der Waals surface area contributed by atoms with E-state index in [1.807, 2.05) is 20.8 Å². The molecule has 0 aromatic heterocycles. The predicted molar refractivity (Wildman–Crippen MR) is 122 cm³/mol. The van der Waals surface area contributed by atoms with Crippen molar-refractivity contribution in [2.45, 2.75) is 52.1 Å². The van der Waals surface area contributed by atoms with Gasteiger partial charge in [-0.15, -0.1) is 0 Å².